The molecule has 1 aliphatic heterocycles. The number of rotatable bonds is 6. The fourth-order valence-electron chi connectivity index (χ4n) is 3.56. The van der Waals surface area contributed by atoms with E-state index in [1.165, 1.54) is 5.56 Å². The molecule has 1 aliphatic rings. The summed E-state index contributed by atoms with van der Waals surface area (Å²) in [5.41, 5.74) is 3.02. The number of hydrogen-bond acceptors (Lipinski definition) is 4. The lowest BCUT2D eigenvalue weighted by molar-refractivity contribution is 0.190. The van der Waals surface area contributed by atoms with Gasteiger partial charge in [-0.1, -0.05) is 30.3 Å². The van der Waals surface area contributed by atoms with Gasteiger partial charge in [-0.05, 0) is 51.4 Å². The Morgan fingerprint density at radius 1 is 1.16 bits per heavy atom. The van der Waals surface area contributed by atoms with E-state index in [4.69, 9.17) is 0 Å². The number of aromatic nitrogens is 2. The second-order valence-corrected chi connectivity index (χ2v) is 6.96. The minimum Gasteiger partial charge on any atom is -0.312 e. The third-order valence-electron chi connectivity index (χ3n) is 4.95. The predicted octanol–water partition coefficient (Wildman–Crippen LogP) is 2.11. The van der Waals surface area contributed by atoms with Crippen LogP contribution in [0.2, 0.25) is 0 Å². The number of piperidine rings is 1. The molecule has 0 atom stereocenters. The molecule has 0 saturated carbocycles. The van der Waals surface area contributed by atoms with Gasteiger partial charge in [-0.2, -0.15) is 4.98 Å². The zero-order valence-electron chi connectivity index (χ0n) is 15.2. The molecule has 134 valence electrons. The molecule has 1 fully saturated rings. The van der Waals surface area contributed by atoms with E-state index in [1.807, 2.05) is 19.9 Å². The summed E-state index contributed by atoms with van der Waals surface area (Å²) >= 11 is 0. The SMILES string of the molecule is Cc1cc(C)n(CCNC2CCN(Cc3ccccc3)CC2)c(=O)n1. The van der Waals surface area contributed by atoms with E-state index in [-0.39, 0.29) is 5.69 Å². The van der Waals surface area contributed by atoms with Crippen molar-refractivity contribution in [2.24, 2.45) is 0 Å². The Morgan fingerprint density at radius 2 is 1.88 bits per heavy atom. The van der Waals surface area contributed by atoms with E-state index in [0.29, 0.717) is 12.6 Å². The fraction of sp³-hybridized carbons (Fsp3) is 0.500. The summed E-state index contributed by atoms with van der Waals surface area (Å²) in [6, 6.07) is 13.2. The van der Waals surface area contributed by atoms with Crippen LogP contribution in [-0.2, 0) is 13.1 Å². The number of hydrogen-bond donors (Lipinski definition) is 1. The average molecular weight is 340 g/mol. The maximum Gasteiger partial charge on any atom is 0.347 e. The molecule has 5 nitrogen and oxygen atoms in total. The lowest BCUT2D eigenvalue weighted by atomic mass is 10.0. The van der Waals surface area contributed by atoms with Crippen LogP contribution in [-0.4, -0.2) is 40.1 Å². The van der Waals surface area contributed by atoms with Crippen molar-refractivity contribution in [2.75, 3.05) is 19.6 Å². The van der Waals surface area contributed by atoms with Gasteiger partial charge in [-0.3, -0.25) is 9.47 Å². The molecule has 1 aromatic carbocycles. The van der Waals surface area contributed by atoms with Gasteiger partial charge in [0.1, 0.15) is 0 Å². The van der Waals surface area contributed by atoms with Gasteiger partial charge in [0.15, 0.2) is 0 Å². The number of likely N-dealkylation sites (tertiary alicyclic amines) is 1. The van der Waals surface area contributed by atoms with E-state index < -0.39 is 0 Å². The van der Waals surface area contributed by atoms with Crippen LogP contribution >= 0.6 is 0 Å². The van der Waals surface area contributed by atoms with Crippen molar-refractivity contribution in [3.05, 3.63) is 63.8 Å². The molecular formula is C20H28N4O. The van der Waals surface area contributed by atoms with Crippen LogP contribution in [0.4, 0.5) is 0 Å². The fourth-order valence-corrected chi connectivity index (χ4v) is 3.56. The number of nitrogens with zero attached hydrogens (tertiary/aromatic N) is 3. The number of benzene rings is 1. The summed E-state index contributed by atoms with van der Waals surface area (Å²) in [6.07, 6.45) is 2.32. The van der Waals surface area contributed by atoms with Crippen molar-refractivity contribution in [3.63, 3.8) is 0 Å². The van der Waals surface area contributed by atoms with Gasteiger partial charge in [0.2, 0.25) is 0 Å². The van der Waals surface area contributed by atoms with Crippen molar-refractivity contribution in [1.82, 2.24) is 19.8 Å². The van der Waals surface area contributed by atoms with E-state index in [0.717, 1.165) is 50.4 Å². The summed E-state index contributed by atoms with van der Waals surface area (Å²) in [5.74, 6) is 0. The minimum absolute atomic E-state index is 0.142. The van der Waals surface area contributed by atoms with E-state index in [2.05, 4.69) is 45.5 Å². The van der Waals surface area contributed by atoms with Crippen molar-refractivity contribution in [1.29, 1.82) is 0 Å². The molecule has 0 amide bonds. The van der Waals surface area contributed by atoms with Crippen molar-refractivity contribution in [2.45, 2.75) is 45.8 Å². The molecule has 3 rings (SSSR count). The third-order valence-corrected chi connectivity index (χ3v) is 4.95. The molecule has 1 N–H and O–H groups in total. The van der Waals surface area contributed by atoms with Crippen LogP contribution in [0.5, 0.6) is 0 Å². The summed E-state index contributed by atoms with van der Waals surface area (Å²) in [5, 5.41) is 3.61. The maximum atomic E-state index is 12.0. The summed E-state index contributed by atoms with van der Waals surface area (Å²) in [4.78, 5) is 18.5. The van der Waals surface area contributed by atoms with Gasteiger partial charge in [-0.25, -0.2) is 4.79 Å². The predicted molar refractivity (Wildman–Crippen MR) is 101 cm³/mol. The number of nitrogens with one attached hydrogen (secondary N) is 1. The Hall–Kier alpha value is -1.98. The Bertz CT molecular complexity index is 733. The van der Waals surface area contributed by atoms with Gasteiger partial charge in [0.25, 0.3) is 0 Å². The van der Waals surface area contributed by atoms with E-state index >= 15 is 0 Å². The van der Waals surface area contributed by atoms with E-state index in [9.17, 15) is 4.79 Å². The molecule has 25 heavy (non-hydrogen) atoms. The van der Waals surface area contributed by atoms with Gasteiger partial charge < -0.3 is 5.32 Å². The van der Waals surface area contributed by atoms with Crippen molar-refractivity contribution in [3.8, 4) is 0 Å². The lowest BCUT2D eigenvalue weighted by Gasteiger charge is -2.32. The monoisotopic (exact) mass is 340 g/mol. The molecule has 0 bridgehead atoms. The first-order valence-corrected chi connectivity index (χ1v) is 9.16. The summed E-state index contributed by atoms with van der Waals surface area (Å²) in [6.45, 7) is 8.61. The van der Waals surface area contributed by atoms with E-state index in [1.54, 1.807) is 4.57 Å². The standard InChI is InChI=1S/C20H28N4O/c1-16-14-17(2)24(20(25)22-16)13-10-21-19-8-11-23(12-9-19)15-18-6-4-3-5-7-18/h3-7,14,19,21H,8-13,15H2,1-2H3. The molecule has 2 heterocycles. The molecule has 0 aliphatic carbocycles. The van der Waals surface area contributed by atoms with Crippen LogP contribution < -0.4 is 11.0 Å². The Morgan fingerprint density at radius 3 is 2.56 bits per heavy atom. The minimum atomic E-state index is -0.142. The highest BCUT2D eigenvalue weighted by Gasteiger charge is 2.18. The van der Waals surface area contributed by atoms with Crippen LogP contribution in [0.1, 0.15) is 29.8 Å². The molecule has 0 spiro atoms. The molecule has 0 radical (unpaired) electrons. The quantitative estimate of drug-likeness (QED) is 0.875. The molecular weight excluding hydrogens is 312 g/mol. The summed E-state index contributed by atoms with van der Waals surface area (Å²) in [7, 11) is 0. The first-order valence-electron chi connectivity index (χ1n) is 9.16. The first-order chi connectivity index (χ1) is 12.1. The zero-order valence-corrected chi connectivity index (χ0v) is 15.2. The van der Waals surface area contributed by atoms with Gasteiger partial charge >= 0.3 is 5.69 Å². The Kier molecular flexibility index (Phi) is 6.00. The van der Waals surface area contributed by atoms with Crippen molar-refractivity contribution < 1.29 is 0 Å². The highest BCUT2D eigenvalue weighted by molar-refractivity contribution is 5.14. The van der Waals surface area contributed by atoms with Crippen LogP contribution in [0.25, 0.3) is 0 Å². The lowest BCUT2D eigenvalue weighted by Crippen LogP contribution is -2.43. The van der Waals surface area contributed by atoms with Gasteiger partial charge in [-0.15, -0.1) is 0 Å². The zero-order chi connectivity index (χ0) is 17.6. The number of aryl methyl sites for hydroxylation is 2. The second kappa shape index (κ2) is 8.41. The van der Waals surface area contributed by atoms with Gasteiger partial charge in [0, 0.05) is 37.1 Å². The van der Waals surface area contributed by atoms with Crippen LogP contribution in [0.3, 0.4) is 0 Å². The first kappa shape index (κ1) is 17.8. The second-order valence-electron chi connectivity index (χ2n) is 6.96. The average Bonchev–Trinajstić information content (AvgIpc) is 2.59. The topological polar surface area (TPSA) is 50.2 Å². The Labute approximate surface area is 149 Å². The third kappa shape index (κ3) is 5.00. The summed E-state index contributed by atoms with van der Waals surface area (Å²) < 4.78 is 1.75. The Balaban J connectivity index is 1.42. The highest BCUT2D eigenvalue weighted by atomic mass is 16.1. The molecule has 2 aromatic rings. The highest BCUT2D eigenvalue weighted by Crippen LogP contribution is 2.13. The maximum absolute atomic E-state index is 12.0. The molecule has 1 aromatic heterocycles. The molecule has 0 unspecified atom stereocenters. The largest absolute Gasteiger partial charge is 0.347 e. The van der Waals surface area contributed by atoms with Crippen molar-refractivity contribution >= 4 is 0 Å². The molecule has 5 heteroatoms. The molecule has 1 saturated heterocycles. The normalized spacial score (nSPS) is 16.2. The van der Waals surface area contributed by atoms with Gasteiger partial charge in [0.05, 0.1) is 0 Å². The van der Waals surface area contributed by atoms with Crippen LogP contribution in [0, 0.1) is 13.8 Å². The smallest absolute Gasteiger partial charge is 0.312 e. The van der Waals surface area contributed by atoms with Crippen LogP contribution in [0.15, 0.2) is 41.2 Å².